The summed E-state index contributed by atoms with van der Waals surface area (Å²) < 4.78 is 16.1. The number of amides is 3. The summed E-state index contributed by atoms with van der Waals surface area (Å²) in [5.74, 6) is -3.97. The monoisotopic (exact) mass is 801 g/mol. The summed E-state index contributed by atoms with van der Waals surface area (Å²) in [4.78, 5) is 74.1. The van der Waals surface area contributed by atoms with Gasteiger partial charge in [-0.05, 0) is 52.1 Å². The van der Waals surface area contributed by atoms with Crippen molar-refractivity contribution in [2.45, 2.75) is 37.4 Å². The van der Waals surface area contributed by atoms with Crippen LogP contribution < -0.4 is 30.2 Å². The van der Waals surface area contributed by atoms with Crippen molar-refractivity contribution in [1.29, 1.82) is 0 Å². The molecule has 0 spiro atoms. The van der Waals surface area contributed by atoms with Gasteiger partial charge in [-0.15, -0.1) is 0 Å². The molecule has 5 rings (SSSR count). The summed E-state index contributed by atoms with van der Waals surface area (Å²) in [5.41, 5.74) is 2.98. The zero-order valence-corrected chi connectivity index (χ0v) is 31.2. The van der Waals surface area contributed by atoms with Crippen LogP contribution in [-0.4, -0.2) is 69.6 Å². The average molecular weight is 802 g/mol. The minimum absolute atomic E-state index is 0.0259. The number of benzene rings is 5. The van der Waals surface area contributed by atoms with E-state index >= 15 is 0 Å². The van der Waals surface area contributed by atoms with Gasteiger partial charge in [0.2, 0.25) is 0 Å². The first-order valence-electron chi connectivity index (χ1n) is 18.1. The highest BCUT2D eigenvalue weighted by Gasteiger charge is 2.24. The molecule has 0 aliphatic heterocycles. The highest BCUT2D eigenvalue weighted by atomic mass is 16.6. The summed E-state index contributed by atoms with van der Waals surface area (Å²) in [6, 6.07) is 32.4. The molecule has 6 N–H and O–H groups in total. The predicted octanol–water partition coefficient (Wildman–Crippen LogP) is 6.21. The molecule has 0 unspecified atom stereocenters. The van der Waals surface area contributed by atoms with Gasteiger partial charge in [0.25, 0.3) is 0 Å². The van der Waals surface area contributed by atoms with Gasteiger partial charge in [-0.1, -0.05) is 115 Å². The third kappa shape index (κ3) is 13.9. The van der Waals surface area contributed by atoms with E-state index in [9.17, 15) is 44.1 Å². The van der Waals surface area contributed by atoms with E-state index in [4.69, 9.17) is 14.2 Å². The molecule has 0 fully saturated rings. The molecule has 302 valence electrons. The number of carboxylic acids is 3. The first-order valence-corrected chi connectivity index (χ1v) is 18.1. The lowest BCUT2D eigenvalue weighted by atomic mass is 10.1. The number of carbonyl (C=O) groups excluding carboxylic acids is 3. The van der Waals surface area contributed by atoms with Crippen LogP contribution in [0.5, 0.6) is 17.2 Å². The van der Waals surface area contributed by atoms with Gasteiger partial charge in [-0.3, -0.25) is 0 Å². The van der Waals surface area contributed by atoms with E-state index in [1.54, 1.807) is 115 Å². The maximum atomic E-state index is 12.9. The van der Waals surface area contributed by atoms with Gasteiger partial charge >= 0.3 is 36.2 Å². The normalized spacial score (nSPS) is 12.3. The summed E-state index contributed by atoms with van der Waals surface area (Å²) in [5, 5.41) is 36.1. The van der Waals surface area contributed by atoms with Crippen molar-refractivity contribution in [3.05, 3.63) is 161 Å². The maximum absolute atomic E-state index is 12.9. The van der Waals surface area contributed by atoms with Gasteiger partial charge in [-0.2, -0.15) is 0 Å². The number of carboxylic acid groups (broad SMARTS) is 3. The Kier molecular flexibility index (Phi) is 14.9. The van der Waals surface area contributed by atoms with E-state index in [0.29, 0.717) is 22.3 Å². The highest BCUT2D eigenvalue weighted by molar-refractivity contribution is 5.83. The van der Waals surface area contributed by atoms with Crippen molar-refractivity contribution in [3.8, 4) is 17.2 Å². The van der Waals surface area contributed by atoms with Crippen LogP contribution in [0.1, 0.15) is 27.8 Å². The lowest BCUT2D eigenvalue weighted by Gasteiger charge is -2.16. The molecule has 59 heavy (non-hydrogen) atoms. The molecule has 15 heteroatoms. The van der Waals surface area contributed by atoms with Crippen LogP contribution in [0.15, 0.2) is 133 Å². The number of ether oxygens (including phenoxy) is 3. The van der Waals surface area contributed by atoms with E-state index in [2.05, 4.69) is 16.0 Å². The number of rotatable bonds is 17. The Labute approximate surface area is 337 Å². The highest BCUT2D eigenvalue weighted by Crippen LogP contribution is 2.26. The molecule has 5 aromatic carbocycles. The number of nitrogens with one attached hydrogen (secondary N) is 3. The smallest absolute Gasteiger partial charge is 0.413 e. The average Bonchev–Trinajstić information content (AvgIpc) is 3.21. The Balaban J connectivity index is 1.29. The first-order chi connectivity index (χ1) is 28.4. The first kappa shape index (κ1) is 42.2. The molecule has 0 bridgehead atoms. The molecular formula is C44H39N3O12. The third-order valence-corrected chi connectivity index (χ3v) is 8.50. The van der Waals surface area contributed by atoms with Crippen molar-refractivity contribution in [1.82, 2.24) is 16.0 Å². The molecule has 0 saturated carbocycles. The summed E-state index contributed by atoms with van der Waals surface area (Å²) >= 11 is 0. The Morgan fingerprint density at radius 1 is 0.424 bits per heavy atom. The Morgan fingerprint density at radius 3 is 1.08 bits per heavy atom. The second kappa shape index (κ2) is 20.8. The molecule has 3 atom stereocenters. The molecule has 0 aliphatic carbocycles. The molecule has 15 nitrogen and oxygen atoms in total. The SMILES string of the molecule is O=C(N[C@@H](Cc1ccccc1)C(=O)O)Oc1ccc(/C=C/c2cc(OC(=O)N[C@@H](Cc3ccccc3)C(=O)O)cc(OC(=O)N[C@@H](Cc3ccccc3)C(=O)O)c2)cc1. The van der Waals surface area contributed by atoms with Crippen molar-refractivity contribution in [2.75, 3.05) is 0 Å². The molecule has 3 amide bonds. The van der Waals surface area contributed by atoms with E-state index in [-0.39, 0.29) is 36.5 Å². The molecule has 0 heterocycles. The maximum Gasteiger partial charge on any atom is 0.413 e. The van der Waals surface area contributed by atoms with Crippen molar-refractivity contribution in [2.24, 2.45) is 0 Å². The van der Waals surface area contributed by atoms with Gasteiger partial charge in [0.05, 0.1) is 0 Å². The predicted molar refractivity (Wildman–Crippen MR) is 214 cm³/mol. The summed E-state index contributed by atoms with van der Waals surface area (Å²) in [6.45, 7) is 0. The molecule has 0 aliphatic rings. The standard InChI is InChI=1S/C44H39N3O12/c48-39(49)36(24-29-10-4-1-5-11-29)45-42(54)57-33-20-18-28(19-21-33)16-17-32-22-34(58-43(55)46-37(40(50)51)25-30-12-6-2-7-13-30)27-35(23-32)59-44(56)47-38(41(52)53)26-31-14-8-3-9-15-31/h1-23,27,36-38H,24-26H2,(H,45,54)(H,46,55)(H,47,56)(H,48,49)(H,50,51)(H,52,53)/b17-16+/t36-,37-,38-/m0/s1. The van der Waals surface area contributed by atoms with Crippen LogP contribution in [0.4, 0.5) is 14.4 Å². The topological polar surface area (TPSA) is 227 Å². The van der Waals surface area contributed by atoms with Crippen molar-refractivity contribution < 1.29 is 58.3 Å². The number of hydrogen-bond donors (Lipinski definition) is 6. The van der Waals surface area contributed by atoms with Crippen LogP contribution in [0.2, 0.25) is 0 Å². The fourth-order valence-electron chi connectivity index (χ4n) is 5.63. The van der Waals surface area contributed by atoms with Crippen molar-refractivity contribution in [3.63, 3.8) is 0 Å². The van der Waals surface area contributed by atoms with Gasteiger partial charge in [0, 0.05) is 25.3 Å². The lowest BCUT2D eigenvalue weighted by molar-refractivity contribution is -0.140. The summed E-state index contributed by atoms with van der Waals surface area (Å²) in [7, 11) is 0. The van der Waals surface area contributed by atoms with Gasteiger partial charge in [-0.25, -0.2) is 28.8 Å². The van der Waals surface area contributed by atoms with E-state index < -0.39 is 54.3 Å². The summed E-state index contributed by atoms with van der Waals surface area (Å²) in [6.07, 6.45) is 0.0406. The van der Waals surface area contributed by atoms with Crippen LogP contribution in [-0.2, 0) is 33.6 Å². The number of hydrogen-bond acceptors (Lipinski definition) is 9. The van der Waals surface area contributed by atoms with E-state index in [0.717, 1.165) is 5.56 Å². The molecule has 0 aromatic heterocycles. The van der Waals surface area contributed by atoms with Crippen LogP contribution >= 0.6 is 0 Å². The Morgan fingerprint density at radius 2 is 0.746 bits per heavy atom. The van der Waals surface area contributed by atoms with E-state index in [1.807, 2.05) is 0 Å². The van der Waals surface area contributed by atoms with Crippen LogP contribution in [0.3, 0.4) is 0 Å². The minimum atomic E-state index is -1.34. The second-order valence-corrected chi connectivity index (χ2v) is 13.0. The van der Waals surface area contributed by atoms with Crippen LogP contribution in [0.25, 0.3) is 12.2 Å². The van der Waals surface area contributed by atoms with Crippen LogP contribution in [0, 0.1) is 0 Å². The zero-order valence-electron chi connectivity index (χ0n) is 31.2. The fourth-order valence-corrected chi connectivity index (χ4v) is 5.63. The zero-order chi connectivity index (χ0) is 42.1. The lowest BCUT2D eigenvalue weighted by Crippen LogP contribution is -2.43. The van der Waals surface area contributed by atoms with E-state index in [1.165, 1.54) is 30.3 Å². The number of carbonyl (C=O) groups is 6. The second-order valence-electron chi connectivity index (χ2n) is 13.0. The molecular weight excluding hydrogens is 762 g/mol. The number of aliphatic carboxylic acids is 3. The van der Waals surface area contributed by atoms with Gasteiger partial charge in [0.1, 0.15) is 35.4 Å². The quantitative estimate of drug-likeness (QED) is 0.0577. The molecule has 5 aromatic rings. The molecule has 0 radical (unpaired) electrons. The Hall–Kier alpha value is -7.94. The minimum Gasteiger partial charge on any atom is -0.480 e. The third-order valence-electron chi connectivity index (χ3n) is 8.50. The molecule has 0 saturated heterocycles. The largest absolute Gasteiger partial charge is 0.480 e. The van der Waals surface area contributed by atoms with Gasteiger partial charge < -0.3 is 45.5 Å². The van der Waals surface area contributed by atoms with Gasteiger partial charge in [0.15, 0.2) is 0 Å². The fraction of sp³-hybridized carbons (Fsp3) is 0.136. The van der Waals surface area contributed by atoms with Crippen molar-refractivity contribution >= 4 is 48.3 Å². The Bertz CT molecular complexity index is 2170.